The van der Waals surface area contributed by atoms with Crippen LogP contribution in [0.4, 0.5) is 8.78 Å². The number of carbonyl (C=O) groups excluding carboxylic acids is 1. The Labute approximate surface area is 108 Å². The van der Waals surface area contributed by atoms with E-state index in [1.165, 1.54) is 4.90 Å². The topological polar surface area (TPSA) is 29.5 Å². The summed E-state index contributed by atoms with van der Waals surface area (Å²) >= 11 is 0. The van der Waals surface area contributed by atoms with E-state index in [2.05, 4.69) is 9.24 Å². The van der Waals surface area contributed by atoms with Gasteiger partial charge in [0.1, 0.15) is 0 Å². The summed E-state index contributed by atoms with van der Waals surface area (Å²) in [6.45, 7) is 1.25. The molecule has 18 heavy (non-hydrogen) atoms. The number of rotatable bonds is 2. The van der Waals surface area contributed by atoms with Crippen LogP contribution in [-0.4, -0.2) is 48.2 Å². The Morgan fingerprint density at radius 1 is 1.17 bits per heavy atom. The third-order valence-corrected chi connectivity index (χ3v) is 4.88. The van der Waals surface area contributed by atoms with E-state index in [9.17, 15) is 13.6 Å². The van der Waals surface area contributed by atoms with Crippen LogP contribution in [0.15, 0.2) is 0 Å². The van der Waals surface area contributed by atoms with Crippen LogP contribution in [0.25, 0.3) is 0 Å². The molecule has 1 heterocycles. The van der Waals surface area contributed by atoms with Crippen molar-refractivity contribution in [3.8, 4) is 0 Å². The zero-order chi connectivity index (χ0) is 13.2. The smallest absolute Gasteiger partial charge is 0.333 e. The first-order chi connectivity index (χ1) is 8.47. The minimum Gasteiger partial charge on any atom is -0.378 e. The lowest BCUT2D eigenvalue weighted by molar-refractivity contribution is -0.168. The molecule has 104 valence electrons. The average Bonchev–Trinajstić information content (AvgIpc) is 2.39. The van der Waals surface area contributed by atoms with E-state index in [1.54, 1.807) is 0 Å². The number of nitrogens with zero attached hydrogens (tertiary/aromatic N) is 1. The molecule has 0 radical (unpaired) electrons. The van der Waals surface area contributed by atoms with Gasteiger partial charge in [-0.15, -0.1) is 9.24 Å². The van der Waals surface area contributed by atoms with Crippen molar-refractivity contribution in [2.75, 3.05) is 26.3 Å². The molecule has 3 nitrogen and oxygen atoms in total. The second kappa shape index (κ2) is 5.38. The van der Waals surface area contributed by atoms with Crippen LogP contribution in [0.1, 0.15) is 32.1 Å². The standard InChI is InChI=1S/C12H20F2NO2P/c13-12(14,11(18)4-2-1-3-5-11)10(16)15-6-8-17-9-7-15/h1-9,18H2. The van der Waals surface area contributed by atoms with E-state index >= 15 is 0 Å². The summed E-state index contributed by atoms with van der Waals surface area (Å²) in [6, 6.07) is 0. The van der Waals surface area contributed by atoms with Gasteiger partial charge in [0.15, 0.2) is 0 Å². The number of hydrogen-bond acceptors (Lipinski definition) is 2. The van der Waals surface area contributed by atoms with Gasteiger partial charge in [0.2, 0.25) is 0 Å². The Kier molecular flexibility index (Phi) is 4.22. The van der Waals surface area contributed by atoms with Crippen molar-refractivity contribution in [3.63, 3.8) is 0 Å². The van der Waals surface area contributed by atoms with Crippen LogP contribution >= 0.6 is 9.24 Å². The van der Waals surface area contributed by atoms with Crippen molar-refractivity contribution in [2.24, 2.45) is 0 Å². The molecule has 0 aromatic heterocycles. The number of amides is 1. The molecule has 1 atom stereocenters. The number of carbonyl (C=O) groups is 1. The fourth-order valence-corrected chi connectivity index (χ4v) is 3.21. The van der Waals surface area contributed by atoms with E-state index in [0.29, 0.717) is 26.1 Å². The second-order valence-corrected chi connectivity index (χ2v) is 6.30. The monoisotopic (exact) mass is 279 g/mol. The lowest BCUT2D eigenvalue weighted by Gasteiger charge is -2.41. The SMILES string of the molecule is O=C(N1CCOCC1)C(F)(F)C1(P)CCCCC1. The molecule has 2 fully saturated rings. The second-order valence-electron chi connectivity index (χ2n) is 5.20. The summed E-state index contributed by atoms with van der Waals surface area (Å²) in [4.78, 5) is 13.3. The zero-order valence-electron chi connectivity index (χ0n) is 10.5. The predicted octanol–water partition coefficient (Wildman–Crippen LogP) is 2.06. The molecule has 2 rings (SSSR count). The molecule has 0 aromatic carbocycles. The molecule has 2 aliphatic rings. The maximum absolute atomic E-state index is 14.4. The molecule has 1 unspecified atom stereocenters. The van der Waals surface area contributed by atoms with Crippen LogP contribution in [0, 0.1) is 0 Å². The molecule has 0 spiro atoms. The summed E-state index contributed by atoms with van der Waals surface area (Å²) in [5.41, 5.74) is 0. The Hall–Kier alpha value is -0.280. The fourth-order valence-electron chi connectivity index (χ4n) is 2.67. The summed E-state index contributed by atoms with van der Waals surface area (Å²) in [5, 5.41) is -1.25. The van der Waals surface area contributed by atoms with E-state index in [0.717, 1.165) is 19.3 Å². The van der Waals surface area contributed by atoms with Gasteiger partial charge in [-0.1, -0.05) is 19.3 Å². The first-order valence-corrected chi connectivity index (χ1v) is 7.09. The minimum absolute atomic E-state index is 0.273. The van der Waals surface area contributed by atoms with E-state index in [1.807, 2.05) is 0 Å². The maximum atomic E-state index is 14.4. The number of alkyl halides is 2. The number of halogens is 2. The van der Waals surface area contributed by atoms with Gasteiger partial charge in [-0.25, -0.2) is 0 Å². The van der Waals surface area contributed by atoms with E-state index in [4.69, 9.17) is 4.74 Å². The maximum Gasteiger partial charge on any atom is 0.333 e. The lowest BCUT2D eigenvalue weighted by Crippen LogP contribution is -2.57. The van der Waals surface area contributed by atoms with Gasteiger partial charge in [0.05, 0.1) is 18.4 Å². The van der Waals surface area contributed by atoms with E-state index in [-0.39, 0.29) is 13.1 Å². The predicted molar refractivity (Wildman–Crippen MR) is 67.9 cm³/mol. The van der Waals surface area contributed by atoms with Crippen molar-refractivity contribution in [2.45, 2.75) is 43.2 Å². The zero-order valence-corrected chi connectivity index (χ0v) is 11.6. The Morgan fingerprint density at radius 2 is 1.72 bits per heavy atom. The Bertz CT molecular complexity index is 313. The van der Waals surface area contributed by atoms with Crippen LogP contribution in [0.2, 0.25) is 0 Å². The van der Waals surface area contributed by atoms with Crippen molar-refractivity contribution >= 4 is 15.1 Å². The quantitative estimate of drug-likeness (QED) is 0.724. The highest BCUT2D eigenvalue weighted by molar-refractivity contribution is 7.19. The molecule has 1 aliphatic heterocycles. The normalized spacial score (nSPS) is 24.9. The van der Waals surface area contributed by atoms with Gasteiger partial charge in [-0.05, 0) is 12.8 Å². The highest BCUT2D eigenvalue weighted by Crippen LogP contribution is 2.48. The number of ether oxygens (including phenoxy) is 1. The minimum atomic E-state index is -3.28. The van der Waals surface area contributed by atoms with Crippen LogP contribution in [0.5, 0.6) is 0 Å². The van der Waals surface area contributed by atoms with Crippen molar-refractivity contribution in [1.29, 1.82) is 0 Å². The molecular weight excluding hydrogens is 259 g/mol. The molecule has 1 aliphatic carbocycles. The van der Waals surface area contributed by atoms with Crippen LogP contribution in [-0.2, 0) is 9.53 Å². The third-order valence-electron chi connectivity index (χ3n) is 3.94. The van der Waals surface area contributed by atoms with Gasteiger partial charge in [0.25, 0.3) is 5.91 Å². The summed E-state index contributed by atoms with van der Waals surface area (Å²) in [5.74, 6) is -4.31. The van der Waals surface area contributed by atoms with Gasteiger partial charge < -0.3 is 9.64 Å². The van der Waals surface area contributed by atoms with Gasteiger partial charge in [-0.3, -0.25) is 4.79 Å². The first-order valence-electron chi connectivity index (χ1n) is 6.51. The van der Waals surface area contributed by atoms with Gasteiger partial charge in [-0.2, -0.15) is 8.78 Å². The first kappa shape index (κ1) is 14.1. The lowest BCUT2D eigenvalue weighted by atomic mass is 9.83. The molecule has 0 bridgehead atoms. The number of morpholine rings is 1. The summed E-state index contributed by atoms with van der Waals surface area (Å²) < 4.78 is 33.9. The highest BCUT2D eigenvalue weighted by atomic mass is 31.0. The highest BCUT2D eigenvalue weighted by Gasteiger charge is 2.57. The third kappa shape index (κ3) is 2.53. The molecular formula is C12H20F2NO2P. The van der Waals surface area contributed by atoms with Crippen molar-refractivity contribution in [3.05, 3.63) is 0 Å². The van der Waals surface area contributed by atoms with Gasteiger partial charge in [0, 0.05) is 13.1 Å². The molecule has 0 aromatic rings. The summed E-state index contributed by atoms with van der Waals surface area (Å²) in [7, 11) is 2.27. The summed E-state index contributed by atoms with van der Waals surface area (Å²) in [6.07, 6.45) is 3.34. The van der Waals surface area contributed by atoms with Crippen LogP contribution < -0.4 is 0 Å². The Balaban J connectivity index is 2.10. The van der Waals surface area contributed by atoms with Crippen molar-refractivity contribution in [1.82, 2.24) is 4.90 Å². The molecule has 1 saturated carbocycles. The molecule has 1 amide bonds. The van der Waals surface area contributed by atoms with Gasteiger partial charge >= 0.3 is 5.92 Å². The molecule has 1 saturated heterocycles. The Morgan fingerprint density at radius 3 is 2.28 bits per heavy atom. The fraction of sp³-hybridized carbons (Fsp3) is 0.917. The number of hydrogen-bond donors (Lipinski definition) is 0. The molecule has 0 N–H and O–H groups in total. The molecule has 6 heteroatoms. The van der Waals surface area contributed by atoms with E-state index < -0.39 is 17.0 Å². The van der Waals surface area contributed by atoms with Crippen LogP contribution in [0.3, 0.4) is 0 Å². The largest absolute Gasteiger partial charge is 0.378 e. The van der Waals surface area contributed by atoms with Crippen molar-refractivity contribution < 1.29 is 18.3 Å². The average molecular weight is 279 g/mol.